The van der Waals surface area contributed by atoms with Crippen LogP contribution in [0.3, 0.4) is 0 Å². The van der Waals surface area contributed by atoms with E-state index in [1.165, 1.54) is 24.2 Å². The molecular formula is C21H29N5O3. The first kappa shape index (κ1) is 18.6. The topological polar surface area (TPSA) is 89.9 Å². The van der Waals surface area contributed by atoms with Gasteiger partial charge in [-0.05, 0) is 68.4 Å². The summed E-state index contributed by atoms with van der Waals surface area (Å²) >= 11 is 0. The van der Waals surface area contributed by atoms with Crippen LogP contribution in [-0.4, -0.2) is 75.9 Å². The highest BCUT2D eigenvalue weighted by Crippen LogP contribution is 2.57. The van der Waals surface area contributed by atoms with Gasteiger partial charge < -0.3 is 19.8 Å². The first-order valence-electron chi connectivity index (χ1n) is 10.8. The van der Waals surface area contributed by atoms with Crippen molar-refractivity contribution in [3.05, 3.63) is 17.8 Å². The van der Waals surface area contributed by atoms with Crippen molar-refractivity contribution in [3.63, 3.8) is 0 Å². The van der Waals surface area contributed by atoms with Crippen molar-refractivity contribution >= 4 is 17.8 Å². The van der Waals surface area contributed by atoms with Gasteiger partial charge in [-0.2, -0.15) is 0 Å². The summed E-state index contributed by atoms with van der Waals surface area (Å²) in [5.74, 6) is 3.03. The van der Waals surface area contributed by atoms with E-state index in [1.807, 2.05) is 22.9 Å². The lowest BCUT2D eigenvalue weighted by atomic mass is 9.52. The highest BCUT2D eigenvalue weighted by molar-refractivity contribution is 5.92. The summed E-state index contributed by atoms with van der Waals surface area (Å²) in [6.45, 7) is 2.07. The second-order valence-corrected chi connectivity index (χ2v) is 9.54. The van der Waals surface area contributed by atoms with E-state index in [1.54, 1.807) is 6.07 Å². The fourth-order valence-corrected chi connectivity index (χ4v) is 6.60. The second-order valence-electron chi connectivity index (χ2n) is 9.54. The van der Waals surface area contributed by atoms with Gasteiger partial charge in [0, 0.05) is 38.8 Å². The van der Waals surface area contributed by atoms with Crippen molar-refractivity contribution in [3.8, 4) is 0 Å². The number of nitrogens with zero attached hydrogens (tertiary/aromatic N) is 5. The highest BCUT2D eigenvalue weighted by Gasteiger charge is 2.54. The Morgan fingerprint density at radius 2 is 1.59 bits per heavy atom. The van der Waals surface area contributed by atoms with Gasteiger partial charge in [-0.1, -0.05) is 0 Å². The molecule has 29 heavy (non-hydrogen) atoms. The van der Waals surface area contributed by atoms with Gasteiger partial charge in [-0.3, -0.25) is 4.79 Å². The monoisotopic (exact) mass is 399 g/mol. The zero-order valence-corrected chi connectivity index (χ0v) is 17.0. The largest absolute Gasteiger partial charge is 0.465 e. The minimum absolute atomic E-state index is 0.0132. The molecule has 4 saturated carbocycles. The molecule has 1 aliphatic heterocycles. The lowest BCUT2D eigenvalue weighted by molar-refractivity contribution is -0.0667. The molecule has 2 heterocycles. The fraction of sp³-hybridized carbons (Fsp3) is 0.714. The van der Waals surface area contributed by atoms with Gasteiger partial charge in [0.05, 0.1) is 0 Å². The first-order chi connectivity index (χ1) is 13.9. The molecule has 0 aromatic carbocycles. The summed E-state index contributed by atoms with van der Waals surface area (Å²) in [7, 11) is 1.95. The van der Waals surface area contributed by atoms with Crippen LogP contribution in [-0.2, 0) is 0 Å². The van der Waals surface area contributed by atoms with E-state index < -0.39 is 6.09 Å². The number of hydrogen-bond donors (Lipinski definition) is 1. The highest BCUT2D eigenvalue weighted by atomic mass is 16.4. The minimum atomic E-state index is -0.885. The maximum atomic E-state index is 13.2. The molecule has 1 aromatic heterocycles. The van der Waals surface area contributed by atoms with Crippen LogP contribution in [0.5, 0.6) is 0 Å². The van der Waals surface area contributed by atoms with Crippen LogP contribution in [0.4, 0.5) is 10.6 Å². The predicted molar refractivity (Wildman–Crippen MR) is 107 cm³/mol. The van der Waals surface area contributed by atoms with Gasteiger partial charge in [-0.15, -0.1) is 10.2 Å². The Balaban J connectivity index is 1.27. The molecule has 5 aliphatic rings. The molecule has 156 valence electrons. The molecular weight excluding hydrogens is 370 g/mol. The van der Waals surface area contributed by atoms with Gasteiger partial charge in [0.15, 0.2) is 11.5 Å². The minimum Gasteiger partial charge on any atom is -0.465 e. The van der Waals surface area contributed by atoms with Gasteiger partial charge in [0.25, 0.3) is 5.91 Å². The predicted octanol–water partition coefficient (Wildman–Crippen LogP) is 2.32. The van der Waals surface area contributed by atoms with E-state index in [-0.39, 0.29) is 11.4 Å². The number of amides is 2. The third-order valence-corrected chi connectivity index (χ3v) is 7.77. The number of hydrogen-bond acceptors (Lipinski definition) is 5. The molecule has 1 saturated heterocycles. The zero-order chi connectivity index (χ0) is 20.2. The quantitative estimate of drug-likeness (QED) is 0.839. The SMILES string of the molecule is CN(C(=O)c1ccc(N2CCN(C(=O)O)CC2)nn1)C12CC3CC(CC(C3)C1)C2. The van der Waals surface area contributed by atoms with Crippen LogP contribution in [0.2, 0.25) is 0 Å². The summed E-state index contributed by atoms with van der Waals surface area (Å²) in [5, 5.41) is 17.6. The lowest BCUT2D eigenvalue weighted by Gasteiger charge is -2.59. The maximum absolute atomic E-state index is 13.2. The zero-order valence-electron chi connectivity index (χ0n) is 17.0. The first-order valence-corrected chi connectivity index (χ1v) is 10.8. The molecule has 1 N–H and O–H groups in total. The van der Waals surface area contributed by atoms with Gasteiger partial charge in [-0.25, -0.2) is 4.79 Å². The number of rotatable bonds is 3. The van der Waals surface area contributed by atoms with Crippen LogP contribution in [0.15, 0.2) is 12.1 Å². The van der Waals surface area contributed by atoms with Crippen molar-refractivity contribution in [2.24, 2.45) is 17.8 Å². The van der Waals surface area contributed by atoms with Gasteiger partial charge in [0.1, 0.15) is 0 Å². The fourth-order valence-electron chi connectivity index (χ4n) is 6.60. The van der Waals surface area contributed by atoms with Crippen LogP contribution < -0.4 is 4.90 Å². The molecule has 4 aliphatic carbocycles. The molecule has 0 unspecified atom stereocenters. The van der Waals surface area contributed by atoms with E-state index in [0.29, 0.717) is 37.7 Å². The Morgan fingerprint density at radius 1 is 1.00 bits per heavy atom. The van der Waals surface area contributed by atoms with Crippen molar-refractivity contribution in [1.82, 2.24) is 20.0 Å². The van der Waals surface area contributed by atoms with Crippen LogP contribution in [0.25, 0.3) is 0 Å². The van der Waals surface area contributed by atoms with E-state index in [9.17, 15) is 9.59 Å². The Hall–Kier alpha value is -2.38. The number of aromatic nitrogens is 2. The molecule has 0 radical (unpaired) electrons. The Morgan fingerprint density at radius 3 is 2.07 bits per heavy atom. The normalized spacial score (nSPS) is 33.1. The molecule has 0 atom stereocenters. The maximum Gasteiger partial charge on any atom is 0.407 e. The number of piperazine rings is 1. The van der Waals surface area contributed by atoms with Gasteiger partial charge in [0.2, 0.25) is 0 Å². The van der Waals surface area contributed by atoms with E-state index in [2.05, 4.69) is 10.2 Å². The third kappa shape index (κ3) is 3.22. The molecule has 5 fully saturated rings. The second kappa shape index (κ2) is 6.85. The van der Waals surface area contributed by atoms with E-state index >= 15 is 0 Å². The molecule has 8 nitrogen and oxygen atoms in total. The van der Waals surface area contributed by atoms with E-state index in [4.69, 9.17) is 5.11 Å². The summed E-state index contributed by atoms with van der Waals surface area (Å²) in [6, 6.07) is 3.61. The molecule has 2 amide bonds. The molecule has 4 bridgehead atoms. The number of carbonyl (C=O) groups excluding carboxylic acids is 1. The Labute approximate surface area is 170 Å². The standard InChI is InChI=1S/C21H29N5O3/c1-24(21-11-14-8-15(12-21)10-16(9-14)13-21)19(27)17-2-3-18(23-22-17)25-4-6-26(7-5-25)20(28)29/h2-3,14-16H,4-13H2,1H3,(H,28,29). The third-order valence-electron chi connectivity index (χ3n) is 7.77. The number of carbonyl (C=O) groups is 2. The van der Waals surface area contributed by atoms with E-state index in [0.717, 1.165) is 37.0 Å². The number of anilines is 1. The average molecular weight is 399 g/mol. The molecule has 8 heteroatoms. The lowest BCUT2D eigenvalue weighted by Crippen LogP contribution is -2.60. The Bertz CT molecular complexity index is 768. The van der Waals surface area contributed by atoms with Crippen molar-refractivity contribution in [2.45, 2.75) is 44.1 Å². The van der Waals surface area contributed by atoms with Crippen LogP contribution in [0, 0.1) is 17.8 Å². The van der Waals surface area contributed by atoms with Gasteiger partial charge >= 0.3 is 6.09 Å². The van der Waals surface area contributed by atoms with Crippen molar-refractivity contribution < 1.29 is 14.7 Å². The molecule has 1 aromatic rings. The van der Waals surface area contributed by atoms with Crippen LogP contribution >= 0.6 is 0 Å². The van der Waals surface area contributed by atoms with Crippen molar-refractivity contribution in [1.29, 1.82) is 0 Å². The number of carboxylic acid groups (broad SMARTS) is 1. The molecule has 0 spiro atoms. The van der Waals surface area contributed by atoms with Crippen LogP contribution in [0.1, 0.15) is 49.0 Å². The summed E-state index contributed by atoms with van der Waals surface area (Å²) < 4.78 is 0. The summed E-state index contributed by atoms with van der Waals surface area (Å²) in [5.41, 5.74) is 0.412. The summed E-state index contributed by atoms with van der Waals surface area (Å²) in [6.07, 6.45) is 6.59. The Kier molecular flexibility index (Phi) is 4.40. The van der Waals surface area contributed by atoms with Crippen molar-refractivity contribution in [2.75, 3.05) is 38.1 Å². The average Bonchev–Trinajstić information content (AvgIpc) is 2.72. The summed E-state index contributed by atoms with van der Waals surface area (Å²) in [4.78, 5) is 29.7. The molecule has 6 rings (SSSR count). The smallest absolute Gasteiger partial charge is 0.407 e.